The lowest BCUT2D eigenvalue weighted by Crippen LogP contribution is -2.32. The summed E-state index contributed by atoms with van der Waals surface area (Å²) in [4.78, 5) is 24.9. The van der Waals surface area contributed by atoms with Gasteiger partial charge in [0.2, 0.25) is 0 Å². The molecule has 1 unspecified atom stereocenters. The van der Waals surface area contributed by atoms with Crippen LogP contribution in [0.4, 0.5) is 5.69 Å². The van der Waals surface area contributed by atoms with Gasteiger partial charge < -0.3 is 14.8 Å². The number of hydrogen-bond acceptors (Lipinski definition) is 6. The highest BCUT2D eigenvalue weighted by Crippen LogP contribution is 2.26. The highest BCUT2D eigenvalue weighted by molar-refractivity contribution is 7.92. The molecule has 0 aromatic heterocycles. The molecule has 9 heteroatoms. The van der Waals surface area contributed by atoms with Crippen LogP contribution in [0.1, 0.15) is 28.9 Å². The van der Waals surface area contributed by atoms with E-state index >= 15 is 0 Å². The molecule has 0 fully saturated rings. The molecule has 1 N–H and O–H groups in total. The first-order valence-electron chi connectivity index (χ1n) is 10.5. The molecule has 0 saturated heterocycles. The van der Waals surface area contributed by atoms with Gasteiger partial charge in [-0.3, -0.25) is 9.10 Å². The molecule has 0 heterocycles. The Morgan fingerprint density at radius 3 is 2.26 bits per heavy atom. The molecule has 1 amide bonds. The Kier molecular flexibility index (Phi) is 7.91. The van der Waals surface area contributed by atoms with Crippen LogP contribution in [-0.2, 0) is 19.6 Å². The van der Waals surface area contributed by atoms with Crippen LogP contribution in [0.25, 0.3) is 0 Å². The number of methoxy groups -OCH3 is 1. The normalized spacial score (nSPS) is 11.9. The molecule has 0 radical (unpaired) electrons. The van der Waals surface area contributed by atoms with Gasteiger partial charge in [-0.15, -0.1) is 0 Å². The summed E-state index contributed by atoms with van der Waals surface area (Å²) >= 11 is 0. The summed E-state index contributed by atoms with van der Waals surface area (Å²) in [6, 6.07) is 21.1. The molecule has 0 aliphatic carbocycles. The van der Waals surface area contributed by atoms with Crippen LogP contribution in [0, 0.1) is 0 Å². The van der Waals surface area contributed by atoms with Gasteiger partial charge in [0.15, 0.2) is 6.61 Å². The minimum absolute atomic E-state index is 0.157. The SMILES string of the molecule is COc1ccccc1C(C)NC(=O)COC(=O)c1ccccc1S(=O)(=O)N(C)c1ccccc1. The van der Waals surface area contributed by atoms with Crippen LogP contribution in [0.5, 0.6) is 5.75 Å². The Bertz CT molecular complexity index is 1260. The molecular weight excluding hydrogens is 456 g/mol. The molecule has 0 aliphatic rings. The van der Waals surface area contributed by atoms with E-state index in [0.717, 1.165) is 9.87 Å². The second-order valence-corrected chi connectivity index (χ2v) is 9.35. The molecule has 0 aliphatic heterocycles. The molecular formula is C25H26N2O6S. The number of esters is 1. The van der Waals surface area contributed by atoms with E-state index in [0.29, 0.717) is 11.4 Å². The van der Waals surface area contributed by atoms with Crippen molar-refractivity contribution in [2.24, 2.45) is 0 Å². The number of benzene rings is 3. The number of sulfonamides is 1. The number of nitrogens with one attached hydrogen (secondary N) is 1. The molecule has 1 atom stereocenters. The van der Waals surface area contributed by atoms with Crippen molar-refractivity contribution in [3.8, 4) is 5.75 Å². The number of hydrogen-bond donors (Lipinski definition) is 1. The van der Waals surface area contributed by atoms with Crippen molar-refractivity contribution in [2.75, 3.05) is 25.1 Å². The number of anilines is 1. The monoisotopic (exact) mass is 482 g/mol. The predicted octanol–water partition coefficient (Wildman–Crippen LogP) is 3.55. The third kappa shape index (κ3) is 5.55. The fraction of sp³-hybridized carbons (Fsp3) is 0.200. The minimum atomic E-state index is -4.05. The zero-order chi connectivity index (χ0) is 24.7. The molecule has 3 aromatic carbocycles. The van der Waals surface area contributed by atoms with E-state index < -0.39 is 34.5 Å². The van der Waals surface area contributed by atoms with Crippen molar-refractivity contribution >= 4 is 27.6 Å². The first-order valence-corrected chi connectivity index (χ1v) is 11.9. The highest BCUT2D eigenvalue weighted by atomic mass is 32.2. The maximum atomic E-state index is 13.2. The second kappa shape index (κ2) is 10.8. The molecule has 0 bridgehead atoms. The van der Waals surface area contributed by atoms with Gasteiger partial charge in [0.1, 0.15) is 10.6 Å². The Morgan fingerprint density at radius 1 is 0.941 bits per heavy atom. The smallest absolute Gasteiger partial charge is 0.340 e. The van der Waals surface area contributed by atoms with Crippen LogP contribution in [0.3, 0.4) is 0 Å². The van der Waals surface area contributed by atoms with Gasteiger partial charge in [-0.1, -0.05) is 48.5 Å². The zero-order valence-corrected chi connectivity index (χ0v) is 19.9. The Balaban J connectivity index is 1.71. The Labute approximate surface area is 199 Å². The summed E-state index contributed by atoms with van der Waals surface area (Å²) in [7, 11) is -1.11. The summed E-state index contributed by atoms with van der Waals surface area (Å²) in [5, 5.41) is 2.74. The predicted molar refractivity (Wildman–Crippen MR) is 128 cm³/mol. The third-order valence-electron chi connectivity index (χ3n) is 5.18. The van der Waals surface area contributed by atoms with Gasteiger partial charge in [-0.25, -0.2) is 13.2 Å². The number of rotatable bonds is 9. The number of carbonyl (C=O) groups excluding carboxylic acids is 2. The van der Waals surface area contributed by atoms with Crippen molar-refractivity contribution < 1.29 is 27.5 Å². The van der Waals surface area contributed by atoms with Crippen molar-refractivity contribution in [3.63, 3.8) is 0 Å². The van der Waals surface area contributed by atoms with Crippen molar-refractivity contribution in [2.45, 2.75) is 17.9 Å². The van der Waals surface area contributed by atoms with Crippen LogP contribution in [0.2, 0.25) is 0 Å². The van der Waals surface area contributed by atoms with Gasteiger partial charge in [0, 0.05) is 12.6 Å². The first kappa shape index (κ1) is 24.8. The average molecular weight is 483 g/mol. The Hall–Kier alpha value is -3.85. The summed E-state index contributed by atoms with van der Waals surface area (Å²) in [6.07, 6.45) is 0. The standard InChI is InChI=1S/C25H26N2O6S/c1-18(20-13-7-9-15-22(20)32-3)26-24(28)17-33-25(29)21-14-8-10-16-23(21)34(30,31)27(2)19-11-5-4-6-12-19/h4-16,18H,17H2,1-3H3,(H,26,28). The third-order valence-corrected chi connectivity index (χ3v) is 7.03. The molecule has 34 heavy (non-hydrogen) atoms. The molecule has 3 rings (SSSR count). The lowest BCUT2D eigenvalue weighted by Gasteiger charge is -2.21. The minimum Gasteiger partial charge on any atom is -0.496 e. The lowest BCUT2D eigenvalue weighted by molar-refractivity contribution is -0.124. The van der Waals surface area contributed by atoms with Gasteiger partial charge in [0.05, 0.1) is 24.4 Å². The molecule has 0 spiro atoms. The van der Waals surface area contributed by atoms with Gasteiger partial charge >= 0.3 is 5.97 Å². The maximum absolute atomic E-state index is 13.2. The number of para-hydroxylation sites is 2. The number of amides is 1. The topological polar surface area (TPSA) is 102 Å². The second-order valence-electron chi connectivity index (χ2n) is 7.41. The first-order chi connectivity index (χ1) is 16.3. The van der Waals surface area contributed by atoms with Crippen LogP contribution in [0.15, 0.2) is 83.8 Å². The fourth-order valence-electron chi connectivity index (χ4n) is 3.38. The van der Waals surface area contributed by atoms with Crippen molar-refractivity contribution in [3.05, 3.63) is 90.0 Å². The molecule has 8 nitrogen and oxygen atoms in total. The molecule has 0 saturated carbocycles. The van der Waals surface area contributed by atoms with Gasteiger partial charge in [-0.2, -0.15) is 0 Å². The largest absolute Gasteiger partial charge is 0.496 e. The summed E-state index contributed by atoms with van der Waals surface area (Å²) < 4.78 is 37.9. The Morgan fingerprint density at radius 2 is 1.56 bits per heavy atom. The lowest BCUT2D eigenvalue weighted by atomic mass is 10.1. The summed E-state index contributed by atoms with van der Waals surface area (Å²) in [6.45, 7) is 1.21. The van der Waals surface area contributed by atoms with Crippen LogP contribution >= 0.6 is 0 Å². The van der Waals surface area contributed by atoms with Gasteiger partial charge in [-0.05, 0) is 37.3 Å². The fourth-order valence-corrected chi connectivity index (χ4v) is 4.75. The average Bonchev–Trinajstić information content (AvgIpc) is 2.87. The number of nitrogens with zero attached hydrogens (tertiary/aromatic N) is 1. The maximum Gasteiger partial charge on any atom is 0.340 e. The van der Waals surface area contributed by atoms with Crippen LogP contribution in [-0.4, -0.2) is 41.1 Å². The van der Waals surface area contributed by atoms with Gasteiger partial charge in [0.25, 0.3) is 15.9 Å². The highest BCUT2D eigenvalue weighted by Gasteiger charge is 2.28. The number of carbonyl (C=O) groups is 2. The van der Waals surface area contributed by atoms with E-state index in [4.69, 9.17) is 9.47 Å². The summed E-state index contributed by atoms with van der Waals surface area (Å²) in [5.74, 6) is -0.830. The van der Waals surface area contributed by atoms with E-state index in [2.05, 4.69) is 5.32 Å². The zero-order valence-electron chi connectivity index (χ0n) is 19.1. The van der Waals surface area contributed by atoms with Crippen LogP contribution < -0.4 is 14.4 Å². The van der Waals surface area contributed by atoms with E-state index in [1.54, 1.807) is 43.3 Å². The summed E-state index contributed by atoms with van der Waals surface area (Å²) in [5.41, 5.74) is 1.05. The van der Waals surface area contributed by atoms with Crippen molar-refractivity contribution in [1.29, 1.82) is 0 Å². The van der Waals surface area contributed by atoms with E-state index in [1.807, 2.05) is 18.2 Å². The van der Waals surface area contributed by atoms with E-state index in [9.17, 15) is 18.0 Å². The quantitative estimate of drug-likeness (QED) is 0.468. The molecule has 178 valence electrons. The van der Waals surface area contributed by atoms with Crippen molar-refractivity contribution in [1.82, 2.24) is 5.32 Å². The van der Waals surface area contributed by atoms with E-state index in [1.165, 1.54) is 38.4 Å². The van der Waals surface area contributed by atoms with E-state index in [-0.39, 0.29) is 10.5 Å². The molecule has 3 aromatic rings. The number of ether oxygens (including phenoxy) is 2.